The van der Waals surface area contributed by atoms with Crippen molar-refractivity contribution in [3.63, 3.8) is 0 Å². The van der Waals surface area contributed by atoms with E-state index in [0.29, 0.717) is 22.9 Å². The number of hydrogen-bond donors (Lipinski definition) is 2. The van der Waals surface area contributed by atoms with Gasteiger partial charge >= 0.3 is 5.97 Å². The summed E-state index contributed by atoms with van der Waals surface area (Å²) in [5, 5.41) is 6.30. The second-order valence-corrected chi connectivity index (χ2v) is 8.34. The summed E-state index contributed by atoms with van der Waals surface area (Å²) in [7, 11) is 0. The molecule has 0 atom stereocenters. The second-order valence-electron chi connectivity index (χ2n) is 6.90. The maximum absolute atomic E-state index is 12.4. The molecule has 0 radical (unpaired) electrons. The van der Waals surface area contributed by atoms with Gasteiger partial charge in [0.1, 0.15) is 0 Å². The molecule has 156 valence electrons. The molecule has 2 aromatic carbocycles. The lowest BCUT2D eigenvalue weighted by molar-refractivity contribution is 0.0500. The number of benzene rings is 2. The van der Waals surface area contributed by atoms with Crippen LogP contribution < -0.4 is 10.6 Å². The molecule has 0 spiro atoms. The van der Waals surface area contributed by atoms with Gasteiger partial charge in [-0.25, -0.2) is 9.78 Å². The fourth-order valence-electron chi connectivity index (χ4n) is 2.68. The van der Waals surface area contributed by atoms with Crippen LogP contribution in [0.15, 0.2) is 36.4 Å². The Bertz CT molecular complexity index is 1110. The van der Waals surface area contributed by atoms with E-state index in [4.69, 9.17) is 17.0 Å². The molecule has 8 heteroatoms. The van der Waals surface area contributed by atoms with Crippen molar-refractivity contribution in [1.82, 2.24) is 10.3 Å². The minimum absolute atomic E-state index is 0.163. The van der Waals surface area contributed by atoms with Crippen molar-refractivity contribution >= 4 is 55.9 Å². The van der Waals surface area contributed by atoms with Crippen LogP contribution in [0.2, 0.25) is 0 Å². The van der Waals surface area contributed by atoms with Crippen LogP contribution in [-0.2, 0) is 4.74 Å². The van der Waals surface area contributed by atoms with Gasteiger partial charge in [0.25, 0.3) is 5.91 Å². The molecule has 0 aliphatic rings. The molecule has 3 rings (SSSR count). The van der Waals surface area contributed by atoms with E-state index < -0.39 is 0 Å². The van der Waals surface area contributed by atoms with Gasteiger partial charge in [-0.2, -0.15) is 0 Å². The highest BCUT2D eigenvalue weighted by Gasteiger charge is 2.13. The van der Waals surface area contributed by atoms with E-state index in [9.17, 15) is 9.59 Å². The maximum Gasteiger partial charge on any atom is 0.338 e. The Morgan fingerprint density at radius 2 is 1.87 bits per heavy atom. The summed E-state index contributed by atoms with van der Waals surface area (Å²) in [6.07, 6.45) is 1.81. The number of carbonyl (C=O) groups is 2. The lowest BCUT2D eigenvalue weighted by atomic mass is 10.1. The van der Waals surface area contributed by atoms with Gasteiger partial charge in [-0.15, -0.1) is 0 Å². The Kier molecular flexibility index (Phi) is 7.12. The number of unbranched alkanes of at least 4 members (excludes halogenated alkanes) is 1. The third-order valence-corrected chi connectivity index (χ3v) is 5.71. The quantitative estimate of drug-likeness (QED) is 0.318. The van der Waals surface area contributed by atoms with Crippen LogP contribution in [-0.4, -0.2) is 28.6 Å². The number of nitrogens with zero attached hydrogens (tertiary/aromatic N) is 1. The van der Waals surface area contributed by atoms with Crippen LogP contribution in [0.25, 0.3) is 10.2 Å². The third-order valence-electron chi connectivity index (χ3n) is 4.57. The first-order valence-corrected chi connectivity index (χ1v) is 10.9. The van der Waals surface area contributed by atoms with Gasteiger partial charge in [0.2, 0.25) is 0 Å². The number of nitrogens with one attached hydrogen (secondary N) is 2. The predicted molar refractivity (Wildman–Crippen MR) is 124 cm³/mol. The van der Waals surface area contributed by atoms with E-state index in [1.165, 1.54) is 11.3 Å². The highest BCUT2D eigenvalue weighted by Crippen LogP contribution is 2.27. The molecule has 0 bridgehead atoms. The Hall–Kier alpha value is -2.84. The molecule has 1 heterocycles. The zero-order valence-corrected chi connectivity index (χ0v) is 18.7. The maximum atomic E-state index is 12.4. The van der Waals surface area contributed by atoms with Crippen molar-refractivity contribution in [2.75, 3.05) is 11.9 Å². The van der Waals surface area contributed by atoms with E-state index in [1.807, 2.05) is 32.9 Å². The molecule has 1 amide bonds. The number of amides is 1. The number of rotatable bonds is 6. The second kappa shape index (κ2) is 9.77. The van der Waals surface area contributed by atoms with Crippen LogP contribution in [0.4, 0.5) is 5.13 Å². The summed E-state index contributed by atoms with van der Waals surface area (Å²) in [4.78, 5) is 29.0. The molecule has 0 saturated heterocycles. The lowest BCUT2D eigenvalue weighted by Crippen LogP contribution is -2.34. The van der Waals surface area contributed by atoms with Crippen LogP contribution in [0, 0.1) is 13.8 Å². The molecule has 0 aliphatic carbocycles. The van der Waals surface area contributed by atoms with Crippen molar-refractivity contribution in [2.45, 2.75) is 33.6 Å². The average molecular weight is 442 g/mol. The van der Waals surface area contributed by atoms with Crippen molar-refractivity contribution in [3.05, 3.63) is 58.7 Å². The van der Waals surface area contributed by atoms with E-state index in [0.717, 1.165) is 34.2 Å². The van der Waals surface area contributed by atoms with Gasteiger partial charge in [-0.3, -0.25) is 10.1 Å². The van der Waals surface area contributed by atoms with Crippen molar-refractivity contribution < 1.29 is 14.3 Å². The Balaban J connectivity index is 1.65. The summed E-state index contributed by atoms with van der Waals surface area (Å²) < 4.78 is 6.08. The topological polar surface area (TPSA) is 80.3 Å². The zero-order chi connectivity index (χ0) is 21.7. The van der Waals surface area contributed by atoms with Crippen LogP contribution in [0.1, 0.15) is 51.6 Å². The van der Waals surface area contributed by atoms with Crippen LogP contribution >= 0.6 is 23.6 Å². The summed E-state index contributed by atoms with van der Waals surface area (Å²) >= 11 is 6.60. The smallest absolute Gasteiger partial charge is 0.338 e. The zero-order valence-electron chi connectivity index (χ0n) is 17.1. The normalized spacial score (nSPS) is 10.6. The van der Waals surface area contributed by atoms with Gasteiger partial charge in [-0.1, -0.05) is 30.7 Å². The van der Waals surface area contributed by atoms with E-state index >= 15 is 0 Å². The van der Waals surface area contributed by atoms with Crippen molar-refractivity contribution in [2.24, 2.45) is 0 Å². The molecule has 6 nitrogen and oxygen atoms in total. The number of carbonyl (C=O) groups excluding carboxylic acids is 2. The highest BCUT2D eigenvalue weighted by atomic mass is 32.1. The number of fused-ring (bicyclic) bond motifs is 1. The Morgan fingerprint density at radius 1 is 1.10 bits per heavy atom. The van der Waals surface area contributed by atoms with E-state index in [-0.39, 0.29) is 17.0 Å². The number of esters is 1. The molecule has 0 saturated carbocycles. The molecule has 2 N–H and O–H groups in total. The molecule has 0 unspecified atom stereocenters. The average Bonchev–Trinajstić information content (AvgIpc) is 3.11. The van der Waals surface area contributed by atoms with E-state index in [2.05, 4.69) is 15.6 Å². The van der Waals surface area contributed by atoms with Gasteiger partial charge in [0, 0.05) is 5.56 Å². The molecular weight excluding hydrogens is 418 g/mol. The Morgan fingerprint density at radius 3 is 2.60 bits per heavy atom. The largest absolute Gasteiger partial charge is 0.462 e. The summed E-state index contributed by atoms with van der Waals surface area (Å²) in [5.41, 5.74) is 3.92. The van der Waals surface area contributed by atoms with Gasteiger partial charge in [0.05, 0.1) is 22.4 Å². The highest BCUT2D eigenvalue weighted by molar-refractivity contribution is 7.80. The van der Waals surface area contributed by atoms with Crippen LogP contribution in [0.3, 0.4) is 0 Å². The monoisotopic (exact) mass is 441 g/mol. The number of thiazole rings is 1. The van der Waals surface area contributed by atoms with E-state index in [1.54, 1.807) is 24.3 Å². The fourth-order valence-corrected chi connectivity index (χ4v) is 3.85. The summed E-state index contributed by atoms with van der Waals surface area (Å²) in [5.74, 6) is -0.627. The predicted octanol–water partition coefficient (Wildman–Crippen LogP) is 5.00. The molecular formula is C22H23N3O3S2. The Labute approximate surface area is 184 Å². The first-order chi connectivity index (χ1) is 14.4. The fraction of sp³-hybridized carbons (Fsp3) is 0.273. The number of anilines is 1. The number of thiocarbonyl (C=S) groups is 1. The summed E-state index contributed by atoms with van der Waals surface area (Å²) in [6.45, 7) is 6.40. The first-order valence-electron chi connectivity index (χ1n) is 9.64. The standard InChI is InChI=1S/C22H23N3O3S2/c1-4-5-10-28-20(27)16-8-9-17-18(12-16)30-22(23-17)25-21(29)24-19(26)15-7-6-13(2)14(3)11-15/h6-9,11-12H,4-5,10H2,1-3H3,(H2,23,24,25,26,29). The van der Waals surface area contributed by atoms with Crippen LogP contribution in [0.5, 0.6) is 0 Å². The molecule has 0 aliphatic heterocycles. The first kappa shape index (κ1) is 21.9. The van der Waals surface area contributed by atoms with Gasteiger partial charge in [-0.05, 0) is 73.9 Å². The number of aromatic nitrogens is 1. The summed E-state index contributed by atoms with van der Waals surface area (Å²) in [6, 6.07) is 10.7. The van der Waals surface area contributed by atoms with Crippen molar-refractivity contribution in [3.8, 4) is 0 Å². The lowest BCUT2D eigenvalue weighted by Gasteiger charge is -2.08. The van der Waals surface area contributed by atoms with Gasteiger partial charge < -0.3 is 10.1 Å². The molecule has 30 heavy (non-hydrogen) atoms. The number of aryl methyl sites for hydroxylation is 2. The minimum Gasteiger partial charge on any atom is -0.462 e. The number of hydrogen-bond acceptors (Lipinski definition) is 6. The molecule has 1 aromatic heterocycles. The molecule has 3 aromatic rings. The van der Waals surface area contributed by atoms with Crippen molar-refractivity contribution in [1.29, 1.82) is 0 Å². The number of ether oxygens (including phenoxy) is 1. The third kappa shape index (κ3) is 5.40. The minimum atomic E-state index is -0.343. The van der Waals surface area contributed by atoms with Gasteiger partial charge in [0.15, 0.2) is 10.2 Å². The molecule has 0 fully saturated rings. The SMILES string of the molecule is CCCCOC(=O)c1ccc2nc(NC(=S)NC(=O)c3ccc(C)c(C)c3)sc2c1.